The van der Waals surface area contributed by atoms with Crippen LogP contribution in [0.2, 0.25) is 0 Å². The molecular formula is C10H17N3O2. The molecule has 5 heteroatoms. The van der Waals surface area contributed by atoms with Crippen LogP contribution >= 0.6 is 0 Å². The fraction of sp³-hybridized carbons (Fsp3) is 0.600. The number of esters is 1. The molecule has 0 amide bonds. The fourth-order valence-corrected chi connectivity index (χ4v) is 1.46. The minimum atomic E-state index is -0.261. The lowest BCUT2D eigenvalue weighted by molar-refractivity contribution is -0.139. The molecule has 0 aliphatic carbocycles. The number of aryl methyl sites for hydroxylation is 2. The number of ether oxygens (including phenoxy) is 1. The Morgan fingerprint density at radius 1 is 1.73 bits per heavy atom. The van der Waals surface area contributed by atoms with Gasteiger partial charge in [0, 0.05) is 24.8 Å². The summed E-state index contributed by atoms with van der Waals surface area (Å²) in [6.07, 6.45) is 1.95. The Bertz CT molecular complexity index is 346. The first-order valence-corrected chi connectivity index (χ1v) is 4.85. The molecule has 1 atom stereocenters. The third-order valence-corrected chi connectivity index (χ3v) is 2.30. The monoisotopic (exact) mass is 211 g/mol. The molecule has 0 radical (unpaired) electrons. The van der Waals surface area contributed by atoms with Gasteiger partial charge in [-0.25, -0.2) is 0 Å². The fourth-order valence-electron chi connectivity index (χ4n) is 1.46. The lowest BCUT2D eigenvalue weighted by Gasteiger charge is -2.11. The highest BCUT2D eigenvalue weighted by atomic mass is 16.5. The molecule has 0 saturated heterocycles. The van der Waals surface area contributed by atoms with E-state index in [2.05, 4.69) is 15.2 Å². The SMILES string of the molecule is COC(=O)CNC(C)c1cn(C)nc1C. The molecule has 0 bridgehead atoms. The van der Waals surface area contributed by atoms with Gasteiger partial charge >= 0.3 is 5.97 Å². The van der Waals surface area contributed by atoms with E-state index in [1.165, 1.54) is 7.11 Å². The highest BCUT2D eigenvalue weighted by Gasteiger charge is 2.12. The van der Waals surface area contributed by atoms with Gasteiger partial charge in [-0.2, -0.15) is 5.10 Å². The van der Waals surface area contributed by atoms with Crippen molar-refractivity contribution in [3.8, 4) is 0 Å². The average Bonchev–Trinajstić information content (AvgIpc) is 2.53. The molecule has 0 aliphatic rings. The van der Waals surface area contributed by atoms with Crippen LogP contribution in [0.25, 0.3) is 0 Å². The molecular weight excluding hydrogens is 194 g/mol. The van der Waals surface area contributed by atoms with E-state index in [0.29, 0.717) is 0 Å². The highest BCUT2D eigenvalue weighted by Crippen LogP contribution is 2.14. The third kappa shape index (κ3) is 3.06. The van der Waals surface area contributed by atoms with E-state index in [1.807, 2.05) is 27.1 Å². The van der Waals surface area contributed by atoms with Gasteiger partial charge < -0.3 is 10.1 Å². The van der Waals surface area contributed by atoms with Gasteiger partial charge in [-0.15, -0.1) is 0 Å². The van der Waals surface area contributed by atoms with Crippen LogP contribution in [0.4, 0.5) is 0 Å². The lowest BCUT2D eigenvalue weighted by atomic mass is 10.1. The predicted octanol–water partition coefficient (Wildman–Crippen LogP) is 0.552. The second-order valence-electron chi connectivity index (χ2n) is 3.52. The Morgan fingerprint density at radius 2 is 2.40 bits per heavy atom. The second-order valence-corrected chi connectivity index (χ2v) is 3.52. The molecule has 1 unspecified atom stereocenters. The number of nitrogens with zero attached hydrogens (tertiary/aromatic N) is 2. The smallest absolute Gasteiger partial charge is 0.319 e. The molecule has 0 fully saturated rings. The number of rotatable bonds is 4. The van der Waals surface area contributed by atoms with Crippen LogP contribution in [-0.4, -0.2) is 29.4 Å². The summed E-state index contributed by atoms with van der Waals surface area (Å²) in [6, 6.07) is 0.0952. The molecule has 1 aromatic heterocycles. The van der Waals surface area contributed by atoms with Gasteiger partial charge in [-0.1, -0.05) is 0 Å². The van der Waals surface area contributed by atoms with Crippen molar-refractivity contribution in [2.24, 2.45) is 7.05 Å². The zero-order valence-electron chi connectivity index (χ0n) is 9.57. The minimum Gasteiger partial charge on any atom is -0.468 e. The first kappa shape index (κ1) is 11.7. The van der Waals surface area contributed by atoms with Crippen LogP contribution in [0.1, 0.15) is 24.2 Å². The van der Waals surface area contributed by atoms with Gasteiger partial charge in [0.1, 0.15) is 0 Å². The van der Waals surface area contributed by atoms with Gasteiger partial charge in [-0.05, 0) is 13.8 Å². The van der Waals surface area contributed by atoms with E-state index in [1.54, 1.807) is 4.68 Å². The average molecular weight is 211 g/mol. The number of aromatic nitrogens is 2. The van der Waals surface area contributed by atoms with Crippen molar-refractivity contribution in [2.45, 2.75) is 19.9 Å². The van der Waals surface area contributed by atoms with E-state index in [9.17, 15) is 4.79 Å². The minimum absolute atomic E-state index is 0.0952. The van der Waals surface area contributed by atoms with E-state index in [0.717, 1.165) is 11.3 Å². The van der Waals surface area contributed by atoms with Crippen LogP contribution in [-0.2, 0) is 16.6 Å². The topological polar surface area (TPSA) is 56.1 Å². The Kier molecular flexibility index (Phi) is 3.85. The van der Waals surface area contributed by atoms with Crippen molar-refractivity contribution in [3.63, 3.8) is 0 Å². The van der Waals surface area contributed by atoms with Crippen LogP contribution < -0.4 is 5.32 Å². The van der Waals surface area contributed by atoms with Crippen LogP contribution in [0, 0.1) is 6.92 Å². The second kappa shape index (κ2) is 4.93. The summed E-state index contributed by atoms with van der Waals surface area (Å²) in [5.41, 5.74) is 2.07. The van der Waals surface area contributed by atoms with Crippen LogP contribution in [0.5, 0.6) is 0 Å². The van der Waals surface area contributed by atoms with Gasteiger partial charge in [0.15, 0.2) is 0 Å². The maximum atomic E-state index is 10.9. The van der Waals surface area contributed by atoms with E-state index in [-0.39, 0.29) is 18.6 Å². The van der Waals surface area contributed by atoms with E-state index < -0.39 is 0 Å². The summed E-state index contributed by atoms with van der Waals surface area (Å²) in [6.45, 7) is 4.16. The normalized spacial score (nSPS) is 12.5. The number of carbonyl (C=O) groups excluding carboxylic acids is 1. The van der Waals surface area contributed by atoms with Crippen LogP contribution in [0.15, 0.2) is 6.20 Å². The summed E-state index contributed by atoms with van der Waals surface area (Å²) < 4.78 is 6.31. The predicted molar refractivity (Wildman–Crippen MR) is 56.4 cm³/mol. The number of nitrogens with one attached hydrogen (secondary N) is 1. The zero-order valence-corrected chi connectivity index (χ0v) is 9.57. The standard InChI is InChI=1S/C10H17N3O2/c1-7(11-5-10(14)15-4)9-6-13(3)12-8(9)2/h6-7,11H,5H2,1-4H3. The maximum absolute atomic E-state index is 10.9. The number of methoxy groups -OCH3 is 1. The Balaban J connectivity index is 2.57. The molecule has 0 aromatic carbocycles. The molecule has 1 N–H and O–H groups in total. The van der Waals surface area contributed by atoms with Crippen molar-refractivity contribution in [1.82, 2.24) is 15.1 Å². The first-order chi connectivity index (χ1) is 7.04. The van der Waals surface area contributed by atoms with Crippen molar-refractivity contribution in [2.75, 3.05) is 13.7 Å². The molecule has 84 valence electrons. The molecule has 0 saturated carbocycles. The molecule has 1 aromatic rings. The highest BCUT2D eigenvalue weighted by molar-refractivity contribution is 5.71. The number of carbonyl (C=O) groups is 1. The molecule has 0 spiro atoms. The van der Waals surface area contributed by atoms with Gasteiger partial charge in [0.05, 0.1) is 19.3 Å². The summed E-state index contributed by atoms with van der Waals surface area (Å²) in [7, 11) is 3.26. The van der Waals surface area contributed by atoms with Crippen molar-refractivity contribution >= 4 is 5.97 Å². The van der Waals surface area contributed by atoms with E-state index >= 15 is 0 Å². The molecule has 5 nitrogen and oxygen atoms in total. The molecule has 1 heterocycles. The summed E-state index contributed by atoms with van der Waals surface area (Å²) in [5, 5.41) is 7.32. The lowest BCUT2D eigenvalue weighted by Crippen LogP contribution is -2.26. The number of hydrogen-bond acceptors (Lipinski definition) is 4. The van der Waals surface area contributed by atoms with Gasteiger partial charge in [0.25, 0.3) is 0 Å². The summed E-state index contributed by atoms with van der Waals surface area (Å²) in [4.78, 5) is 10.9. The quantitative estimate of drug-likeness (QED) is 0.739. The van der Waals surface area contributed by atoms with Crippen LogP contribution in [0.3, 0.4) is 0 Å². The van der Waals surface area contributed by atoms with Crippen molar-refractivity contribution < 1.29 is 9.53 Å². The third-order valence-electron chi connectivity index (χ3n) is 2.30. The number of hydrogen-bond donors (Lipinski definition) is 1. The zero-order chi connectivity index (χ0) is 11.4. The molecule has 0 aliphatic heterocycles. The summed E-state index contributed by atoms with van der Waals surface area (Å²) >= 11 is 0. The first-order valence-electron chi connectivity index (χ1n) is 4.85. The molecule has 15 heavy (non-hydrogen) atoms. The maximum Gasteiger partial charge on any atom is 0.319 e. The van der Waals surface area contributed by atoms with Gasteiger partial charge in [-0.3, -0.25) is 9.48 Å². The summed E-state index contributed by atoms with van der Waals surface area (Å²) in [5.74, 6) is -0.261. The Labute approximate surface area is 89.4 Å². The largest absolute Gasteiger partial charge is 0.468 e. The van der Waals surface area contributed by atoms with Crippen molar-refractivity contribution in [3.05, 3.63) is 17.5 Å². The Hall–Kier alpha value is -1.36. The van der Waals surface area contributed by atoms with E-state index in [4.69, 9.17) is 0 Å². The van der Waals surface area contributed by atoms with Gasteiger partial charge in [0.2, 0.25) is 0 Å². The Morgan fingerprint density at radius 3 is 2.87 bits per heavy atom. The molecule has 1 rings (SSSR count). The van der Waals surface area contributed by atoms with Crippen molar-refractivity contribution in [1.29, 1.82) is 0 Å².